The predicted octanol–water partition coefficient (Wildman–Crippen LogP) is 2.88. The van der Waals surface area contributed by atoms with Crippen molar-refractivity contribution in [3.63, 3.8) is 0 Å². The molecule has 5 rings (SSSR count). The Labute approximate surface area is 191 Å². The number of pyridine rings is 2. The largest absolute Gasteiger partial charge is 0.355 e. The fraction of sp³-hybridized carbons (Fsp3) is 0.400. The lowest BCUT2D eigenvalue weighted by atomic mass is 10.00. The van der Waals surface area contributed by atoms with Crippen LogP contribution in [0, 0.1) is 5.82 Å². The summed E-state index contributed by atoms with van der Waals surface area (Å²) in [6, 6.07) is 10.9. The second-order valence-electron chi connectivity index (χ2n) is 8.93. The van der Waals surface area contributed by atoms with E-state index in [2.05, 4.69) is 25.1 Å². The Morgan fingerprint density at radius 2 is 1.97 bits per heavy atom. The average Bonchev–Trinajstić information content (AvgIpc) is 3.34. The first kappa shape index (κ1) is 21.6. The highest BCUT2D eigenvalue weighted by atomic mass is 19.1. The number of amides is 1. The maximum Gasteiger partial charge on any atom is 0.259 e. The number of rotatable bonds is 4. The van der Waals surface area contributed by atoms with Crippen LogP contribution in [0.3, 0.4) is 0 Å². The first-order valence-corrected chi connectivity index (χ1v) is 11.5. The van der Waals surface area contributed by atoms with Gasteiger partial charge in [-0.25, -0.2) is 9.37 Å². The summed E-state index contributed by atoms with van der Waals surface area (Å²) in [4.78, 5) is 36.4. The van der Waals surface area contributed by atoms with Crippen molar-refractivity contribution < 1.29 is 9.18 Å². The Balaban J connectivity index is 1.21. The van der Waals surface area contributed by atoms with E-state index in [0.29, 0.717) is 17.0 Å². The van der Waals surface area contributed by atoms with E-state index in [1.807, 2.05) is 18.2 Å². The summed E-state index contributed by atoms with van der Waals surface area (Å²) < 4.78 is 14.0. The first-order valence-electron chi connectivity index (χ1n) is 11.5. The topological polar surface area (TPSA) is 81.3 Å². The third-order valence-corrected chi connectivity index (χ3v) is 7.08. The van der Waals surface area contributed by atoms with Gasteiger partial charge in [0.2, 0.25) is 0 Å². The molecule has 3 heterocycles. The quantitative estimate of drug-likeness (QED) is 0.640. The van der Waals surface area contributed by atoms with Gasteiger partial charge in [-0.05, 0) is 48.9 Å². The van der Waals surface area contributed by atoms with Crippen molar-refractivity contribution in [2.24, 2.45) is 0 Å². The second-order valence-corrected chi connectivity index (χ2v) is 8.93. The van der Waals surface area contributed by atoms with E-state index in [4.69, 9.17) is 0 Å². The summed E-state index contributed by atoms with van der Waals surface area (Å²) >= 11 is 0. The minimum absolute atomic E-state index is 0.132. The molecule has 7 nitrogen and oxygen atoms in total. The number of carbonyl (C=O) groups excluding carboxylic acids is 1. The Bertz CT molecular complexity index is 1220. The van der Waals surface area contributed by atoms with E-state index in [1.54, 1.807) is 25.4 Å². The molecule has 33 heavy (non-hydrogen) atoms. The molecule has 0 spiro atoms. The molecule has 1 aliphatic carbocycles. The van der Waals surface area contributed by atoms with Gasteiger partial charge in [0.15, 0.2) is 0 Å². The van der Waals surface area contributed by atoms with Crippen LogP contribution in [-0.4, -0.2) is 60.0 Å². The van der Waals surface area contributed by atoms with E-state index in [-0.39, 0.29) is 22.8 Å². The molecule has 8 heteroatoms. The summed E-state index contributed by atoms with van der Waals surface area (Å²) in [5.74, 6) is 0.577. The number of carbonyl (C=O) groups is 1. The maximum absolute atomic E-state index is 14.0. The van der Waals surface area contributed by atoms with Crippen LogP contribution < -0.4 is 15.8 Å². The van der Waals surface area contributed by atoms with Crippen LogP contribution >= 0.6 is 0 Å². The SMILES string of the molecule is CNC(=O)c1ccc(N2CCN(C3CCC(c4cc5cccc(F)c5c(=O)[nH]4)C3)CC2)nc1. The Morgan fingerprint density at radius 1 is 1.15 bits per heavy atom. The van der Waals surface area contributed by atoms with Gasteiger partial charge in [0, 0.05) is 57.1 Å². The van der Waals surface area contributed by atoms with Crippen LogP contribution in [-0.2, 0) is 0 Å². The highest BCUT2D eigenvalue weighted by molar-refractivity contribution is 5.93. The van der Waals surface area contributed by atoms with Gasteiger partial charge in [0.05, 0.1) is 10.9 Å². The molecule has 0 radical (unpaired) electrons. The van der Waals surface area contributed by atoms with Crippen LogP contribution in [0.1, 0.15) is 41.2 Å². The van der Waals surface area contributed by atoms with Gasteiger partial charge in [-0.2, -0.15) is 0 Å². The number of halogens is 1. The number of fused-ring (bicyclic) bond motifs is 1. The van der Waals surface area contributed by atoms with Crippen LogP contribution in [0.2, 0.25) is 0 Å². The molecule has 2 N–H and O–H groups in total. The van der Waals surface area contributed by atoms with E-state index in [0.717, 1.165) is 57.0 Å². The molecule has 3 aromatic rings. The number of hydrogen-bond acceptors (Lipinski definition) is 5. The molecular weight excluding hydrogens is 421 g/mol. The summed E-state index contributed by atoms with van der Waals surface area (Å²) in [5.41, 5.74) is 1.14. The monoisotopic (exact) mass is 449 g/mol. The molecule has 1 saturated heterocycles. The van der Waals surface area contributed by atoms with Crippen molar-refractivity contribution >= 4 is 22.5 Å². The number of nitrogens with zero attached hydrogens (tertiary/aromatic N) is 3. The Hall–Kier alpha value is -3.26. The van der Waals surface area contributed by atoms with Crippen LogP contribution in [0.5, 0.6) is 0 Å². The Morgan fingerprint density at radius 3 is 2.70 bits per heavy atom. The molecule has 2 unspecified atom stereocenters. The zero-order valence-corrected chi connectivity index (χ0v) is 18.7. The summed E-state index contributed by atoms with van der Waals surface area (Å²) in [6.45, 7) is 3.69. The van der Waals surface area contributed by atoms with Crippen molar-refractivity contribution in [1.29, 1.82) is 0 Å². The fourth-order valence-corrected chi connectivity index (χ4v) is 5.26. The normalized spacial score (nSPS) is 21.5. The standard InChI is InChI=1S/C25H28FN5O2/c1-27-24(32)18-6-8-22(28-15-18)31-11-9-30(10-12-31)19-7-5-16(13-19)21-14-17-3-2-4-20(26)23(17)25(33)29-21/h2-4,6,8,14-16,19H,5,7,9-13H2,1H3,(H,27,32)(H,29,33). The second kappa shape index (κ2) is 8.94. The molecule has 1 aromatic carbocycles. The highest BCUT2D eigenvalue weighted by Gasteiger charge is 2.32. The van der Waals surface area contributed by atoms with Gasteiger partial charge in [-0.1, -0.05) is 12.1 Å². The Kier molecular flexibility index (Phi) is 5.85. The summed E-state index contributed by atoms with van der Waals surface area (Å²) in [6.07, 6.45) is 4.73. The lowest BCUT2D eigenvalue weighted by molar-refractivity contribution is 0.0962. The first-order chi connectivity index (χ1) is 16.0. The van der Waals surface area contributed by atoms with Crippen molar-refractivity contribution in [3.8, 4) is 0 Å². The van der Waals surface area contributed by atoms with Gasteiger partial charge in [-0.3, -0.25) is 14.5 Å². The molecule has 1 amide bonds. The number of aromatic amines is 1. The minimum Gasteiger partial charge on any atom is -0.355 e. The molecule has 1 saturated carbocycles. The average molecular weight is 450 g/mol. The molecule has 2 aliphatic rings. The van der Waals surface area contributed by atoms with Crippen LogP contribution in [0.25, 0.3) is 10.8 Å². The molecule has 2 fully saturated rings. The van der Waals surface area contributed by atoms with Crippen LogP contribution in [0.4, 0.5) is 10.2 Å². The molecule has 0 bridgehead atoms. The van der Waals surface area contributed by atoms with E-state index in [9.17, 15) is 14.0 Å². The van der Waals surface area contributed by atoms with Crippen molar-refractivity contribution in [1.82, 2.24) is 20.2 Å². The number of aromatic nitrogens is 2. The van der Waals surface area contributed by atoms with Gasteiger partial charge >= 0.3 is 0 Å². The zero-order chi connectivity index (χ0) is 22.9. The molecule has 1 aliphatic heterocycles. The molecule has 2 atom stereocenters. The third-order valence-electron chi connectivity index (χ3n) is 7.08. The van der Waals surface area contributed by atoms with Crippen molar-refractivity contribution in [2.75, 3.05) is 38.1 Å². The lowest BCUT2D eigenvalue weighted by Gasteiger charge is -2.38. The number of benzene rings is 1. The van der Waals surface area contributed by atoms with E-state index >= 15 is 0 Å². The maximum atomic E-state index is 14.0. The summed E-state index contributed by atoms with van der Waals surface area (Å²) in [5, 5.41) is 3.42. The summed E-state index contributed by atoms with van der Waals surface area (Å²) in [7, 11) is 1.61. The van der Waals surface area contributed by atoms with Gasteiger partial charge in [-0.15, -0.1) is 0 Å². The number of hydrogen-bond donors (Lipinski definition) is 2. The number of piperazine rings is 1. The lowest BCUT2D eigenvalue weighted by Crippen LogP contribution is -2.50. The van der Waals surface area contributed by atoms with Crippen LogP contribution in [0.15, 0.2) is 47.4 Å². The highest BCUT2D eigenvalue weighted by Crippen LogP contribution is 2.37. The third kappa shape index (κ3) is 4.23. The predicted molar refractivity (Wildman–Crippen MR) is 126 cm³/mol. The number of H-pyrrole nitrogens is 1. The minimum atomic E-state index is -0.472. The van der Waals surface area contributed by atoms with E-state index < -0.39 is 5.82 Å². The number of anilines is 1. The van der Waals surface area contributed by atoms with E-state index in [1.165, 1.54) is 6.07 Å². The fourth-order valence-electron chi connectivity index (χ4n) is 5.26. The van der Waals surface area contributed by atoms with Gasteiger partial charge in [0.25, 0.3) is 11.5 Å². The van der Waals surface area contributed by atoms with Gasteiger partial charge < -0.3 is 15.2 Å². The zero-order valence-electron chi connectivity index (χ0n) is 18.7. The number of nitrogens with one attached hydrogen (secondary N) is 2. The van der Waals surface area contributed by atoms with Crippen molar-refractivity contribution in [2.45, 2.75) is 31.2 Å². The molecule has 2 aromatic heterocycles. The van der Waals surface area contributed by atoms with Crippen molar-refractivity contribution in [3.05, 3.63) is 70.0 Å². The molecule has 172 valence electrons. The molecular formula is C25H28FN5O2. The smallest absolute Gasteiger partial charge is 0.259 e. The van der Waals surface area contributed by atoms with Gasteiger partial charge in [0.1, 0.15) is 11.6 Å².